The van der Waals surface area contributed by atoms with Crippen LogP contribution in [0.25, 0.3) is 11.0 Å². The van der Waals surface area contributed by atoms with E-state index >= 15 is 0 Å². The van der Waals surface area contributed by atoms with E-state index in [0.717, 1.165) is 41.7 Å². The first-order valence-electron chi connectivity index (χ1n) is 10.5. The lowest BCUT2D eigenvalue weighted by atomic mass is 10.1. The third kappa shape index (κ3) is 3.57. The second-order valence-corrected chi connectivity index (χ2v) is 8.11. The van der Waals surface area contributed by atoms with Gasteiger partial charge in [-0.25, -0.2) is 4.98 Å². The Balaban J connectivity index is 1.22. The molecule has 7 nitrogen and oxygen atoms in total. The van der Waals surface area contributed by atoms with Crippen molar-refractivity contribution >= 4 is 22.8 Å². The van der Waals surface area contributed by atoms with Gasteiger partial charge >= 0.3 is 0 Å². The summed E-state index contributed by atoms with van der Waals surface area (Å²) in [6.45, 7) is 3.05. The van der Waals surface area contributed by atoms with Crippen LogP contribution in [0.15, 0.2) is 54.9 Å². The first-order valence-corrected chi connectivity index (χ1v) is 10.5. The molecule has 7 heteroatoms. The summed E-state index contributed by atoms with van der Waals surface area (Å²) in [6, 6.07) is 13.7. The van der Waals surface area contributed by atoms with E-state index in [-0.39, 0.29) is 23.9 Å². The molecular formula is C23H25N5O2. The van der Waals surface area contributed by atoms with Gasteiger partial charge in [-0.2, -0.15) is 0 Å². The third-order valence-corrected chi connectivity index (χ3v) is 6.26. The lowest BCUT2D eigenvalue weighted by Gasteiger charge is -2.40. The van der Waals surface area contributed by atoms with Gasteiger partial charge in [-0.3, -0.25) is 14.5 Å². The molecule has 2 fully saturated rings. The van der Waals surface area contributed by atoms with Crippen molar-refractivity contribution in [2.45, 2.75) is 24.9 Å². The number of piperazine rings is 1. The molecule has 4 heterocycles. The monoisotopic (exact) mass is 403 g/mol. The van der Waals surface area contributed by atoms with Gasteiger partial charge in [0.25, 0.3) is 5.91 Å². The number of aromatic nitrogens is 2. The van der Waals surface area contributed by atoms with Gasteiger partial charge in [0.2, 0.25) is 5.91 Å². The zero-order valence-electron chi connectivity index (χ0n) is 16.8. The Bertz CT molecular complexity index is 1060. The number of nitrogens with zero attached hydrogens (tertiary/aromatic N) is 3. The molecule has 0 spiro atoms. The molecular weight excluding hydrogens is 378 g/mol. The van der Waals surface area contributed by atoms with Gasteiger partial charge in [0, 0.05) is 61.6 Å². The summed E-state index contributed by atoms with van der Waals surface area (Å²) in [4.78, 5) is 37.4. The highest BCUT2D eigenvalue weighted by Crippen LogP contribution is 2.26. The Morgan fingerprint density at radius 1 is 1.13 bits per heavy atom. The smallest absolute Gasteiger partial charge is 0.254 e. The quantitative estimate of drug-likeness (QED) is 0.681. The molecule has 3 atom stereocenters. The van der Waals surface area contributed by atoms with Gasteiger partial charge in [-0.05, 0) is 36.2 Å². The van der Waals surface area contributed by atoms with Crippen molar-refractivity contribution in [3.8, 4) is 0 Å². The highest BCUT2D eigenvalue weighted by molar-refractivity contribution is 5.94. The summed E-state index contributed by atoms with van der Waals surface area (Å²) >= 11 is 0. The second-order valence-electron chi connectivity index (χ2n) is 8.11. The van der Waals surface area contributed by atoms with Crippen LogP contribution in [-0.4, -0.2) is 69.8 Å². The molecule has 0 aliphatic carbocycles. The third-order valence-electron chi connectivity index (χ3n) is 6.26. The lowest BCUT2D eigenvalue weighted by Crippen LogP contribution is -2.57. The highest BCUT2D eigenvalue weighted by atomic mass is 16.2. The predicted octanol–water partition coefficient (Wildman–Crippen LogP) is 1.82. The number of carbonyl (C=O) groups excluding carboxylic acids is 2. The van der Waals surface area contributed by atoms with E-state index in [2.05, 4.69) is 20.2 Å². The van der Waals surface area contributed by atoms with Crippen molar-refractivity contribution < 1.29 is 9.59 Å². The van der Waals surface area contributed by atoms with Gasteiger partial charge in [0.15, 0.2) is 0 Å². The molecule has 1 unspecified atom stereocenters. The van der Waals surface area contributed by atoms with Crippen LogP contribution in [0.4, 0.5) is 0 Å². The van der Waals surface area contributed by atoms with Crippen molar-refractivity contribution in [3.05, 3.63) is 66.0 Å². The average molecular weight is 403 g/mol. The topological polar surface area (TPSA) is 81.3 Å². The Hall–Kier alpha value is -3.19. The number of benzene rings is 1. The first kappa shape index (κ1) is 18.8. The van der Waals surface area contributed by atoms with Gasteiger partial charge in [-0.15, -0.1) is 0 Å². The van der Waals surface area contributed by atoms with Crippen LogP contribution in [0.3, 0.4) is 0 Å². The molecule has 2 saturated heterocycles. The second kappa shape index (κ2) is 7.91. The zero-order chi connectivity index (χ0) is 20.5. The molecule has 2 aliphatic rings. The number of nitrogens with one attached hydrogen (secondary N) is 2. The summed E-state index contributed by atoms with van der Waals surface area (Å²) in [5.41, 5.74) is 2.47. The highest BCUT2D eigenvalue weighted by Gasteiger charge is 2.40. The number of H-pyrrole nitrogens is 1. The molecule has 5 rings (SSSR count). The fraction of sp³-hybridized carbons (Fsp3) is 0.348. The molecule has 2 aromatic heterocycles. The van der Waals surface area contributed by atoms with Gasteiger partial charge < -0.3 is 15.2 Å². The largest absolute Gasteiger partial charge is 0.354 e. The molecule has 0 saturated carbocycles. The summed E-state index contributed by atoms with van der Waals surface area (Å²) in [6.07, 6.45) is 4.89. The van der Waals surface area contributed by atoms with E-state index in [9.17, 15) is 9.59 Å². The number of fused-ring (bicyclic) bond motifs is 3. The van der Waals surface area contributed by atoms with Crippen LogP contribution in [0.5, 0.6) is 0 Å². The number of pyridine rings is 1. The number of hydrogen-bond donors (Lipinski definition) is 2. The minimum atomic E-state index is -0.0120. The number of amides is 2. The maximum atomic E-state index is 13.0. The molecule has 2 amide bonds. The maximum absolute atomic E-state index is 13.0. The fourth-order valence-corrected chi connectivity index (χ4v) is 4.66. The molecule has 3 aromatic rings. The minimum absolute atomic E-state index is 0.0120. The van der Waals surface area contributed by atoms with Crippen LogP contribution in [0.1, 0.15) is 22.3 Å². The number of aromatic amines is 1. The minimum Gasteiger partial charge on any atom is -0.354 e. The van der Waals surface area contributed by atoms with Crippen molar-refractivity contribution in [1.29, 1.82) is 0 Å². The molecule has 154 valence electrons. The Morgan fingerprint density at radius 2 is 2.00 bits per heavy atom. The van der Waals surface area contributed by atoms with E-state index in [1.807, 2.05) is 53.6 Å². The summed E-state index contributed by atoms with van der Waals surface area (Å²) < 4.78 is 0. The van der Waals surface area contributed by atoms with Crippen LogP contribution >= 0.6 is 0 Å². The van der Waals surface area contributed by atoms with Gasteiger partial charge in [0.1, 0.15) is 5.65 Å². The average Bonchev–Trinajstić information content (AvgIpc) is 3.39. The Labute approximate surface area is 175 Å². The zero-order valence-corrected chi connectivity index (χ0v) is 16.8. The van der Waals surface area contributed by atoms with E-state index in [0.29, 0.717) is 19.5 Å². The van der Waals surface area contributed by atoms with Crippen molar-refractivity contribution in [2.24, 2.45) is 0 Å². The van der Waals surface area contributed by atoms with E-state index in [4.69, 9.17) is 0 Å². The van der Waals surface area contributed by atoms with Crippen molar-refractivity contribution in [3.63, 3.8) is 0 Å². The molecule has 2 aliphatic heterocycles. The summed E-state index contributed by atoms with van der Waals surface area (Å²) in [7, 11) is 0. The predicted molar refractivity (Wildman–Crippen MR) is 114 cm³/mol. The first-order chi connectivity index (χ1) is 14.7. The molecule has 30 heavy (non-hydrogen) atoms. The Kier molecular flexibility index (Phi) is 4.96. The maximum Gasteiger partial charge on any atom is 0.254 e. The molecule has 1 aromatic carbocycles. The number of carbonyl (C=O) groups is 2. The summed E-state index contributed by atoms with van der Waals surface area (Å²) in [5, 5.41) is 4.06. The van der Waals surface area contributed by atoms with Crippen molar-refractivity contribution in [1.82, 2.24) is 25.1 Å². The summed E-state index contributed by atoms with van der Waals surface area (Å²) in [5.74, 6) is 0.0757. The van der Waals surface area contributed by atoms with Gasteiger partial charge in [0.05, 0.1) is 6.42 Å². The number of rotatable bonds is 5. The SMILES string of the molecule is O=C(Cc1c[nH]c2ncccc12)NC[C@@H]1CN(C(=O)c2ccccc2)[C@H]2CCN1C2. The normalized spacial score (nSPS) is 22.9. The fourth-order valence-electron chi connectivity index (χ4n) is 4.66. The van der Waals surface area contributed by atoms with Crippen LogP contribution in [0, 0.1) is 0 Å². The van der Waals surface area contributed by atoms with Crippen LogP contribution in [-0.2, 0) is 11.2 Å². The Morgan fingerprint density at radius 3 is 2.87 bits per heavy atom. The van der Waals surface area contributed by atoms with E-state index < -0.39 is 0 Å². The number of hydrogen-bond acceptors (Lipinski definition) is 4. The van der Waals surface area contributed by atoms with E-state index in [1.54, 1.807) is 6.20 Å². The lowest BCUT2D eigenvalue weighted by molar-refractivity contribution is -0.120. The van der Waals surface area contributed by atoms with Crippen molar-refractivity contribution in [2.75, 3.05) is 26.2 Å². The standard InChI is InChI=1S/C23H25N5O2/c29-21(11-17-12-26-22-20(17)7-4-9-24-22)25-13-19-15-28(18-8-10-27(19)14-18)23(30)16-5-2-1-3-6-16/h1-7,9,12,18-19H,8,10-11,13-15H2,(H,24,26)(H,25,29)/t18-,19+/m0/s1. The van der Waals surface area contributed by atoms with Crippen LogP contribution < -0.4 is 5.32 Å². The molecule has 2 N–H and O–H groups in total. The molecule has 2 bridgehead atoms. The molecule has 0 radical (unpaired) electrons. The van der Waals surface area contributed by atoms with Gasteiger partial charge in [-0.1, -0.05) is 18.2 Å². The van der Waals surface area contributed by atoms with E-state index in [1.165, 1.54) is 0 Å². The van der Waals surface area contributed by atoms with Crippen LogP contribution in [0.2, 0.25) is 0 Å².